The summed E-state index contributed by atoms with van der Waals surface area (Å²) in [7, 11) is 2.07. The summed E-state index contributed by atoms with van der Waals surface area (Å²) in [6, 6.07) is 10.4. The van der Waals surface area contributed by atoms with E-state index in [9.17, 15) is 0 Å². The van der Waals surface area contributed by atoms with Crippen LogP contribution in [0.3, 0.4) is 0 Å². The van der Waals surface area contributed by atoms with Crippen molar-refractivity contribution < 1.29 is 0 Å². The van der Waals surface area contributed by atoms with E-state index in [0.717, 1.165) is 18.8 Å². The van der Waals surface area contributed by atoms with E-state index in [1.165, 1.54) is 0 Å². The lowest BCUT2D eigenvalue weighted by Gasteiger charge is -2.24. The molecule has 3 nitrogen and oxygen atoms in total. The Bertz CT molecular complexity index is 406. The number of nitrogens with zero attached hydrogens (tertiary/aromatic N) is 2. The molecule has 0 aliphatic carbocycles. The van der Waals surface area contributed by atoms with E-state index in [2.05, 4.69) is 44.1 Å². The van der Waals surface area contributed by atoms with Crippen molar-refractivity contribution >= 4 is 5.69 Å². The monoisotopic (exact) mass is 245 g/mol. The topological polar surface area (TPSA) is 39.1 Å². The van der Waals surface area contributed by atoms with Gasteiger partial charge in [0.1, 0.15) is 0 Å². The Morgan fingerprint density at radius 2 is 2.06 bits per heavy atom. The van der Waals surface area contributed by atoms with Crippen molar-refractivity contribution in [3.05, 3.63) is 29.8 Å². The lowest BCUT2D eigenvalue weighted by molar-refractivity contribution is 0.478. The van der Waals surface area contributed by atoms with Gasteiger partial charge in [-0.15, -0.1) is 0 Å². The highest BCUT2D eigenvalue weighted by Gasteiger charge is 2.08. The molecule has 0 fully saturated rings. The van der Waals surface area contributed by atoms with Gasteiger partial charge in [-0.05, 0) is 30.7 Å². The summed E-state index contributed by atoms with van der Waals surface area (Å²) < 4.78 is 0. The van der Waals surface area contributed by atoms with E-state index < -0.39 is 0 Å². The maximum absolute atomic E-state index is 8.89. The van der Waals surface area contributed by atoms with E-state index in [0.29, 0.717) is 17.5 Å². The molecule has 1 N–H and O–H groups in total. The molecule has 1 unspecified atom stereocenters. The third-order valence-electron chi connectivity index (χ3n) is 2.88. The van der Waals surface area contributed by atoms with Crippen LogP contribution >= 0.6 is 0 Å². The fraction of sp³-hybridized carbons (Fsp3) is 0.533. The van der Waals surface area contributed by atoms with Gasteiger partial charge in [-0.3, -0.25) is 0 Å². The first-order chi connectivity index (χ1) is 8.52. The predicted molar refractivity (Wildman–Crippen MR) is 76.7 cm³/mol. The molecule has 0 aliphatic rings. The van der Waals surface area contributed by atoms with Gasteiger partial charge in [-0.25, -0.2) is 0 Å². The smallest absolute Gasteiger partial charge is 0.0992 e. The predicted octanol–water partition coefficient (Wildman–Crippen LogP) is 2.63. The van der Waals surface area contributed by atoms with E-state index in [1.54, 1.807) is 0 Å². The van der Waals surface area contributed by atoms with Crippen molar-refractivity contribution in [1.29, 1.82) is 5.26 Å². The van der Waals surface area contributed by atoms with Crippen LogP contribution in [0.25, 0.3) is 0 Å². The molecule has 98 valence electrons. The van der Waals surface area contributed by atoms with Crippen molar-refractivity contribution in [3.63, 3.8) is 0 Å². The van der Waals surface area contributed by atoms with Gasteiger partial charge >= 0.3 is 0 Å². The largest absolute Gasteiger partial charge is 0.374 e. The first-order valence-electron chi connectivity index (χ1n) is 6.47. The fourth-order valence-electron chi connectivity index (χ4n) is 1.89. The van der Waals surface area contributed by atoms with Gasteiger partial charge in [0.2, 0.25) is 0 Å². The van der Waals surface area contributed by atoms with Gasteiger partial charge < -0.3 is 10.2 Å². The molecule has 0 saturated carbocycles. The Morgan fingerprint density at radius 1 is 1.33 bits per heavy atom. The first kappa shape index (κ1) is 14.5. The minimum absolute atomic E-state index is 0.527. The third kappa shape index (κ3) is 4.77. The third-order valence-corrected chi connectivity index (χ3v) is 2.88. The van der Waals surface area contributed by atoms with E-state index in [1.807, 2.05) is 24.3 Å². The SMILES string of the molecule is CC(CNC(C)C)CN(C)c1cccc(C#N)c1. The van der Waals surface area contributed by atoms with Gasteiger partial charge in [0, 0.05) is 25.3 Å². The molecule has 1 atom stereocenters. The van der Waals surface area contributed by atoms with Crippen LogP contribution in [-0.4, -0.2) is 26.2 Å². The molecule has 3 heteroatoms. The Kier molecular flexibility index (Phi) is 5.67. The van der Waals surface area contributed by atoms with Crippen LogP contribution in [0.5, 0.6) is 0 Å². The average molecular weight is 245 g/mol. The second-order valence-electron chi connectivity index (χ2n) is 5.21. The number of hydrogen-bond donors (Lipinski definition) is 1. The second-order valence-corrected chi connectivity index (χ2v) is 5.21. The number of hydrogen-bond acceptors (Lipinski definition) is 3. The summed E-state index contributed by atoms with van der Waals surface area (Å²) in [4.78, 5) is 2.20. The highest BCUT2D eigenvalue weighted by atomic mass is 15.1. The number of nitriles is 1. The number of benzene rings is 1. The molecule has 0 aromatic heterocycles. The highest BCUT2D eigenvalue weighted by Crippen LogP contribution is 2.15. The Labute approximate surface area is 110 Å². The number of anilines is 1. The van der Waals surface area contributed by atoms with Gasteiger partial charge in [-0.1, -0.05) is 26.8 Å². The van der Waals surface area contributed by atoms with E-state index in [4.69, 9.17) is 5.26 Å². The van der Waals surface area contributed by atoms with Gasteiger partial charge in [-0.2, -0.15) is 5.26 Å². The van der Waals surface area contributed by atoms with Crippen LogP contribution in [0.4, 0.5) is 5.69 Å². The van der Waals surface area contributed by atoms with E-state index >= 15 is 0 Å². The fourth-order valence-corrected chi connectivity index (χ4v) is 1.89. The summed E-state index contributed by atoms with van der Waals surface area (Å²) in [5.74, 6) is 0.572. The molecule has 0 aliphatic heterocycles. The maximum Gasteiger partial charge on any atom is 0.0992 e. The maximum atomic E-state index is 8.89. The quantitative estimate of drug-likeness (QED) is 0.837. The zero-order chi connectivity index (χ0) is 13.5. The van der Waals surface area contributed by atoms with Crippen molar-refractivity contribution in [1.82, 2.24) is 5.32 Å². The zero-order valence-electron chi connectivity index (χ0n) is 11.8. The summed E-state index contributed by atoms with van der Waals surface area (Å²) in [5.41, 5.74) is 1.82. The standard InChI is InChI=1S/C15H23N3/c1-12(2)17-10-13(3)11-18(4)15-7-5-6-14(8-15)9-16/h5-8,12-13,17H,10-11H2,1-4H3. The first-order valence-corrected chi connectivity index (χ1v) is 6.47. The molecule has 0 saturated heterocycles. The molecule has 1 aromatic rings. The molecule has 18 heavy (non-hydrogen) atoms. The Morgan fingerprint density at radius 3 is 2.67 bits per heavy atom. The van der Waals surface area contributed by atoms with Crippen LogP contribution in [0.15, 0.2) is 24.3 Å². The summed E-state index contributed by atoms with van der Waals surface area (Å²) in [5, 5.41) is 12.3. The molecule has 1 rings (SSSR count). The highest BCUT2D eigenvalue weighted by molar-refractivity contribution is 5.50. The number of rotatable bonds is 6. The van der Waals surface area contributed by atoms with Crippen molar-refractivity contribution in [2.24, 2.45) is 5.92 Å². The second kappa shape index (κ2) is 7.03. The zero-order valence-corrected chi connectivity index (χ0v) is 11.8. The molecule has 1 aromatic carbocycles. The van der Waals surface area contributed by atoms with Crippen LogP contribution in [0, 0.1) is 17.2 Å². The molecule has 0 radical (unpaired) electrons. The summed E-state index contributed by atoms with van der Waals surface area (Å²) >= 11 is 0. The van der Waals surface area contributed by atoms with Gasteiger partial charge in [0.15, 0.2) is 0 Å². The molecule has 0 bridgehead atoms. The molecular weight excluding hydrogens is 222 g/mol. The average Bonchev–Trinajstić information content (AvgIpc) is 2.36. The summed E-state index contributed by atoms with van der Waals surface area (Å²) in [6.07, 6.45) is 0. The Hall–Kier alpha value is -1.53. The van der Waals surface area contributed by atoms with Gasteiger partial charge in [0.05, 0.1) is 11.6 Å². The normalized spacial score (nSPS) is 12.2. The lowest BCUT2D eigenvalue weighted by Crippen LogP contribution is -2.33. The molecule has 0 spiro atoms. The lowest BCUT2D eigenvalue weighted by atomic mass is 10.1. The molecule has 0 amide bonds. The van der Waals surface area contributed by atoms with E-state index in [-0.39, 0.29) is 0 Å². The minimum Gasteiger partial charge on any atom is -0.374 e. The van der Waals surface area contributed by atoms with Crippen LogP contribution < -0.4 is 10.2 Å². The van der Waals surface area contributed by atoms with Crippen LogP contribution in [-0.2, 0) is 0 Å². The number of nitrogens with one attached hydrogen (secondary N) is 1. The van der Waals surface area contributed by atoms with Crippen molar-refractivity contribution in [3.8, 4) is 6.07 Å². The molecular formula is C15H23N3. The molecule has 0 heterocycles. The van der Waals surface area contributed by atoms with Crippen molar-refractivity contribution in [2.75, 3.05) is 25.0 Å². The minimum atomic E-state index is 0.527. The summed E-state index contributed by atoms with van der Waals surface area (Å²) in [6.45, 7) is 8.55. The van der Waals surface area contributed by atoms with Crippen molar-refractivity contribution in [2.45, 2.75) is 26.8 Å². The van der Waals surface area contributed by atoms with Crippen LogP contribution in [0.2, 0.25) is 0 Å². The Balaban J connectivity index is 2.54. The van der Waals surface area contributed by atoms with Crippen LogP contribution in [0.1, 0.15) is 26.3 Å². The van der Waals surface area contributed by atoms with Gasteiger partial charge in [0.25, 0.3) is 0 Å².